The lowest BCUT2D eigenvalue weighted by atomic mass is 9.86. The maximum Gasteiger partial charge on any atom is 0.232 e. The Morgan fingerprint density at radius 2 is 2.04 bits per heavy atom. The molecule has 2 aliphatic rings. The van der Waals surface area contributed by atoms with Gasteiger partial charge in [-0.15, -0.1) is 0 Å². The number of nitrogens with one attached hydrogen (secondary N) is 2. The van der Waals surface area contributed by atoms with E-state index in [2.05, 4.69) is 10.0 Å². The summed E-state index contributed by atoms with van der Waals surface area (Å²) in [6.45, 7) is 3.43. The third-order valence-corrected chi connectivity index (χ3v) is 6.78. The summed E-state index contributed by atoms with van der Waals surface area (Å²) in [5.74, 6) is 2.23. The van der Waals surface area contributed by atoms with E-state index in [1.165, 1.54) is 25.7 Å². The molecule has 2 saturated carbocycles. The SMILES string of the molecule is CCS(=O)(=O)Nc1ccc(NC(=O)CC2CC3CCC2C3)cc1C. The minimum atomic E-state index is -3.29. The summed E-state index contributed by atoms with van der Waals surface area (Å²) in [7, 11) is -3.29. The molecule has 24 heavy (non-hydrogen) atoms. The fourth-order valence-corrected chi connectivity index (χ4v) is 4.88. The molecule has 0 heterocycles. The summed E-state index contributed by atoms with van der Waals surface area (Å²) in [4.78, 5) is 12.3. The lowest BCUT2D eigenvalue weighted by Gasteiger charge is -2.21. The van der Waals surface area contributed by atoms with E-state index in [0.717, 1.165) is 23.1 Å². The Labute approximate surface area is 144 Å². The van der Waals surface area contributed by atoms with E-state index < -0.39 is 10.0 Å². The number of fused-ring (bicyclic) bond motifs is 2. The van der Waals surface area contributed by atoms with Crippen molar-refractivity contribution in [2.45, 2.75) is 46.0 Å². The summed E-state index contributed by atoms with van der Waals surface area (Å²) in [6.07, 6.45) is 5.74. The van der Waals surface area contributed by atoms with Crippen LogP contribution in [-0.4, -0.2) is 20.1 Å². The first kappa shape index (κ1) is 17.3. The first-order valence-electron chi connectivity index (χ1n) is 8.77. The number of hydrogen-bond acceptors (Lipinski definition) is 3. The number of carbonyl (C=O) groups excluding carboxylic acids is 1. The molecule has 2 bridgehead atoms. The average Bonchev–Trinajstić information content (AvgIpc) is 3.12. The Kier molecular flexibility index (Phi) is 4.85. The van der Waals surface area contributed by atoms with Crippen molar-refractivity contribution in [3.8, 4) is 0 Å². The molecule has 0 aliphatic heterocycles. The van der Waals surface area contributed by atoms with Gasteiger partial charge in [-0.1, -0.05) is 6.42 Å². The van der Waals surface area contributed by atoms with Crippen LogP contribution in [0, 0.1) is 24.7 Å². The smallest absolute Gasteiger partial charge is 0.232 e. The van der Waals surface area contributed by atoms with Crippen molar-refractivity contribution in [2.75, 3.05) is 15.8 Å². The largest absolute Gasteiger partial charge is 0.326 e. The molecule has 2 N–H and O–H groups in total. The van der Waals surface area contributed by atoms with Crippen LogP contribution in [0.5, 0.6) is 0 Å². The van der Waals surface area contributed by atoms with Gasteiger partial charge < -0.3 is 5.32 Å². The lowest BCUT2D eigenvalue weighted by Crippen LogP contribution is -2.20. The molecule has 5 nitrogen and oxygen atoms in total. The highest BCUT2D eigenvalue weighted by Gasteiger charge is 2.40. The van der Waals surface area contributed by atoms with E-state index in [1.807, 2.05) is 13.0 Å². The molecule has 1 aromatic rings. The fraction of sp³-hybridized carbons (Fsp3) is 0.611. The van der Waals surface area contributed by atoms with Crippen LogP contribution in [0.3, 0.4) is 0 Å². The van der Waals surface area contributed by atoms with Crippen LogP contribution in [0.15, 0.2) is 18.2 Å². The summed E-state index contributed by atoms with van der Waals surface area (Å²) in [5.41, 5.74) is 2.08. The third-order valence-electron chi connectivity index (χ3n) is 5.49. The zero-order valence-corrected chi connectivity index (χ0v) is 15.2. The van der Waals surface area contributed by atoms with Crippen molar-refractivity contribution >= 4 is 27.3 Å². The molecule has 1 aromatic carbocycles. The maximum absolute atomic E-state index is 12.3. The molecule has 6 heteroatoms. The number of aryl methyl sites for hydroxylation is 1. The van der Waals surface area contributed by atoms with Crippen molar-refractivity contribution in [2.24, 2.45) is 17.8 Å². The zero-order chi connectivity index (χ0) is 17.3. The number of rotatable bonds is 6. The van der Waals surface area contributed by atoms with Crippen LogP contribution in [0.1, 0.15) is 44.6 Å². The van der Waals surface area contributed by atoms with Crippen LogP contribution >= 0.6 is 0 Å². The van der Waals surface area contributed by atoms with Gasteiger partial charge in [-0.25, -0.2) is 8.42 Å². The molecule has 0 aromatic heterocycles. The van der Waals surface area contributed by atoms with E-state index in [9.17, 15) is 13.2 Å². The van der Waals surface area contributed by atoms with Gasteiger partial charge in [-0.3, -0.25) is 9.52 Å². The summed E-state index contributed by atoms with van der Waals surface area (Å²) >= 11 is 0. The van der Waals surface area contributed by atoms with E-state index in [0.29, 0.717) is 18.0 Å². The first-order chi connectivity index (χ1) is 11.4. The molecule has 132 valence electrons. The highest BCUT2D eigenvalue weighted by Crippen LogP contribution is 2.49. The van der Waals surface area contributed by atoms with Gasteiger partial charge in [0.2, 0.25) is 15.9 Å². The molecule has 3 rings (SSSR count). The average molecular weight is 350 g/mol. The predicted octanol–water partition coefficient (Wildman–Crippen LogP) is 3.52. The Morgan fingerprint density at radius 1 is 1.25 bits per heavy atom. The van der Waals surface area contributed by atoms with Crippen molar-refractivity contribution in [1.29, 1.82) is 0 Å². The summed E-state index contributed by atoms with van der Waals surface area (Å²) < 4.78 is 25.9. The molecular weight excluding hydrogens is 324 g/mol. The summed E-state index contributed by atoms with van der Waals surface area (Å²) in [6, 6.07) is 5.26. The van der Waals surface area contributed by atoms with Gasteiger partial charge in [-0.2, -0.15) is 0 Å². The van der Waals surface area contributed by atoms with Crippen molar-refractivity contribution in [3.63, 3.8) is 0 Å². The lowest BCUT2D eigenvalue weighted by molar-refractivity contribution is -0.117. The number of carbonyl (C=O) groups is 1. The quantitative estimate of drug-likeness (QED) is 0.824. The first-order valence-corrected chi connectivity index (χ1v) is 10.4. The Morgan fingerprint density at radius 3 is 2.62 bits per heavy atom. The van der Waals surface area contributed by atoms with E-state index in [-0.39, 0.29) is 11.7 Å². The van der Waals surface area contributed by atoms with E-state index >= 15 is 0 Å². The monoisotopic (exact) mass is 350 g/mol. The van der Waals surface area contributed by atoms with Crippen molar-refractivity contribution in [1.82, 2.24) is 0 Å². The van der Waals surface area contributed by atoms with Gasteiger partial charge >= 0.3 is 0 Å². The topological polar surface area (TPSA) is 75.3 Å². The minimum absolute atomic E-state index is 0.0362. The molecule has 0 radical (unpaired) electrons. The third kappa shape index (κ3) is 3.91. The van der Waals surface area contributed by atoms with Crippen LogP contribution in [0.2, 0.25) is 0 Å². The molecule has 2 fully saturated rings. The molecule has 0 saturated heterocycles. The number of anilines is 2. The second-order valence-corrected chi connectivity index (χ2v) is 9.23. The Balaban J connectivity index is 1.59. The molecule has 3 unspecified atom stereocenters. The van der Waals surface area contributed by atoms with Crippen molar-refractivity contribution < 1.29 is 13.2 Å². The van der Waals surface area contributed by atoms with E-state index in [1.54, 1.807) is 19.1 Å². The summed E-state index contributed by atoms with van der Waals surface area (Å²) in [5, 5.41) is 2.96. The highest BCUT2D eigenvalue weighted by atomic mass is 32.2. The fourth-order valence-electron chi connectivity index (χ4n) is 4.17. The van der Waals surface area contributed by atoms with Gasteiger partial charge in [0.05, 0.1) is 11.4 Å². The number of amides is 1. The van der Waals surface area contributed by atoms with Crippen LogP contribution in [-0.2, 0) is 14.8 Å². The maximum atomic E-state index is 12.3. The minimum Gasteiger partial charge on any atom is -0.326 e. The predicted molar refractivity (Wildman–Crippen MR) is 96.4 cm³/mol. The molecule has 2 aliphatic carbocycles. The number of sulfonamides is 1. The second kappa shape index (κ2) is 6.75. The van der Waals surface area contributed by atoms with Gasteiger partial charge in [0.15, 0.2) is 0 Å². The Bertz CT molecular complexity index is 730. The van der Waals surface area contributed by atoms with Gasteiger partial charge in [0.25, 0.3) is 0 Å². The van der Waals surface area contributed by atoms with Gasteiger partial charge in [0, 0.05) is 12.1 Å². The second-order valence-electron chi connectivity index (χ2n) is 7.22. The standard InChI is InChI=1S/C18H26N2O3S/c1-3-24(22,23)20-17-7-6-16(8-12(17)2)19-18(21)11-15-10-13-4-5-14(15)9-13/h6-8,13-15,20H,3-5,9-11H2,1-2H3,(H,19,21). The normalized spacial score (nSPS) is 25.7. The number of hydrogen-bond donors (Lipinski definition) is 2. The Hall–Kier alpha value is -1.56. The van der Waals surface area contributed by atoms with Gasteiger partial charge in [0.1, 0.15) is 0 Å². The number of benzene rings is 1. The van der Waals surface area contributed by atoms with E-state index in [4.69, 9.17) is 0 Å². The molecular formula is C18H26N2O3S. The van der Waals surface area contributed by atoms with Crippen LogP contribution in [0.4, 0.5) is 11.4 Å². The molecule has 0 spiro atoms. The van der Waals surface area contributed by atoms with Gasteiger partial charge in [-0.05, 0) is 74.6 Å². The van der Waals surface area contributed by atoms with Crippen LogP contribution < -0.4 is 10.0 Å². The highest BCUT2D eigenvalue weighted by molar-refractivity contribution is 7.92. The molecule has 3 atom stereocenters. The van der Waals surface area contributed by atoms with Crippen molar-refractivity contribution in [3.05, 3.63) is 23.8 Å². The van der Waals surface area contributed by atoms with Crippen LogP contribution in [0.25, 0.3) is 0 Å². The zero-order valence-electron chi connectivity index (χ0n) is 14.3. The molecule has 1 amide bonds.